The van der Waals surface area contributed by atoms with Crippen LogP contribution in [0.15, 0.2) is 24.3 Å². The van der Waals surface area contributed by atoms with Crippen LogP contribution in [0, 0.1) is 11.2 Å². The van der Waals surface area contributed by atoms with Gasteiger partial charge in [-0.3, -0.25) is 4.79 Å². The number of hydrogen-bond donors (Lipinski definition) is 1. The molecule has 0 atom stereocenters. The van der Waals surface area contributed by atoms with Gasteiger partial charge in [0.15, 0.2) is 0 Å². The monoisotopic (exact) mass is 223 g/mol. The van der Waals surface area contributed by atoms with Crippen molar-refractivity contribution in [3.8, 4) is 0 Å². The van der Waals surface area contributed by atoms with Crippen molar-refractivity contribution in [2.45, 2.75) is 27.2 Å². The fraction of sp³-hybridized carbons (Fsp3) is 0.462. The highest BCUT2D eigenvalue weighted by Crippen LogP contribution is 2.18. The zero-order chi connectivity index (χ0) is 12.2. The maximum Gasteiger partial charge on any atom is 0.254 e. The van der Waals surface area contributed by atoms with Gasteiger partial charge >= 0.3 is 0 Å². The van der Waals surface area contributed by atoms with E-state index in [9.17, 15) is 9.18 Å². The Labute approximate surface area is 95.9 Å². The quantitative estimate of drug-likeness (QED) is 0.835. The van der Waals surface area contributed by atoms with Gasteiger partial charge in [0, 0.05) is 6.54 Å². The summed E-state index contributed by atoms with van der Waals surface area (Å²) in [6.45, 7) is 6.75. The summed E-state index contributed by atoms with van der Waals surface area (Å²) < 4.78 is 13.3. The highest BCUT2D eigenvalue weighted by Gasteiger charge is 2.17. The maximum atomic E-state index is 13.3. The normalized spacial score (nSPS) is 11.2. The molecule has 1 aromatic rings. The van der Waals surface area contributed by atoms with Crippen molar-refractivity contribution in [2.24, 2.45) is 5.41 Å². The van der Waals surface area contributed by atoms with Gasteiger partial charge in [0.2, 0.25) is 0 Å². The van der Waals surface area contributed by atoms with Gasteiger partial charge in [0.05, 0.1) is 5.56 Å². The molecule has 1 N–H and O–H groups in total. The Morgan fingerprint density at radius 2 is 2.00 bits per heavy atom. The van der Waals surface area contributed by atoms with E-state index in [4.69, 9.17) is 0 Å². The van der Waals surface area contributed by atoms with Gasteiger partial charge in [-0.05, 0) is 24.0 Å². The second-order valence-corrected chi connectivity index (χ2v) is 4.68. The lowest BCUT2D eigenvalue weighted by Crippen LogP contribution is -2.34. The van der Waals surface area contributed by atoms with Crippen molar-refractivity contribution in [2.75, 3.05) is 6.54 Å². The fourth-order valence-corrected chi connectivity index (χ4v) is 1.19. The molecular formula is C13H18FNO. The molecule has 0 aliphatic carbocycles. The summed E-state index contributed by atoms with van der Waals surface area (Å²) in [7, 11) is 0. The van der Waals surface area contributed by atoms with Gasteiger partial charge in [-0.2, -0.15) is 0 Å². The first kappa shape index (κ1) is 12.7. The third-order valence-electron chi connectivity index (χ3n) is 2.80. The van der Waals surface area contributed by atoms with Crippen molar-refractivity contribution in [1.82, 2.24) is 5.32 Å². The van der Waals surface area contributed by atoms with Crippen LogP contribution in [0.1, 0.15) is 37.6 Å². The lowest BCUT2D eigenvalue weighted by molar-refractivity contribution is 0.0931. The molecule has 1 aromatic carbocycles. The summed E-state index contributed by atoms with van der Waals surface area (Å²) in [6.07, 6.45) is 0.963. The number of nitrogens with one attached hydrogen (secondary N) is 1. The smallest absolute Gasteiger partial charge is 0.254 e. The molecule has 0 aromatic heterocycles. The third kappa shape index (κ3) is 3.33. The molecule has 0 fully saturated rings. The van der Waals surface area contributed by atoms with E-state index in [0.717, 1.165) is 6.42 Å². The van der Waals surface area contributed by atoms with Crippen LogP contribution in [-0.4, -0.2) is 12.5 Å². The molecule has 0 aliphatic heterocycles. The molecule has 0 heterocycles. The first-order valence-electron chi connectivity index (χ1n) is 5.49. The van der Waals surface area contributed by atoms with Crippen LogP contribution in [0.2, 0.25) is 0 Å². The Morgan fingerprint density at radius 1 is 1.38 bits per heavy atom. The number of amides is 1. The molecule has 0 saturated carbocycles. The lowest BCUT2D eigenvalue weighted by atomic mass is 9.90. The molecule has 3 heteroatoms. The molecule has 0 bridgehead atoms. The molecule has 88 valence electrons. The van der Waals surface area contributed by atoms with E-state index in [-0.39, 0.29) is 16.9 Å². The number of benzene rings is 1. The predicted molar refractivity (Wildman–Crippen MR) is 62.8 cm³/mol. The Kier molecular flexibility index (Phi) is 4.05. The van der Waals surface area contributed by atoms with Crippen molar-refractivity contribution in [3.05, 3.63) is 35.6 Å². The van der Waals surface area contributed by atoms with E-state index in [2.05, 4.69) is 26.1 Å². The van der Waals surface area contributed by atoms with Crippen molar-refractivity contribution >= 4 is 5.91 Å². The Hall–Kier alpha value is -1.38. The van der Waals surface area contributed by atoms with Gasteiger partial charge in [-0.15, -0.1) is 0 Å². The van der Waals surface area contributed by atoms with E-state index in [1.54, 1.807) is 12.1 Å². The van der Waals surface area contributed by atoms with Crippen LogP contribution in [0.25, 0.3) is 0 Å². The Bertz CT molecular complexity index is 374. The number of hydrogen-bond acceptors (Lipinski definition) is 1. The van der Waals surface area contributed by atoms with Crippen LogP contribution in [0.4, 0.5) is 4.39 Å². The summed E-state index contributed by atoms with van der Waals surface area (Å²) in [6, 6.07) is 6.01. The molecule has 16 heavy (non-hydrogen) atoms. The van der Waals surface area contributed by atoms with Crippen molar-refractivity contribution < 1.29 is 9.18 Å². The molecule has 1 rings (SSSR count). The topological polar surface area (TPSA) is 29.1 Å². The number of halogens is 1. The number of carbonyl (C=O) groups excluding carboxylic acids is 1. The maximum absolute atomic E-state index is 13.3. The molecule has 0 unspecified atom stereocenters. The molecule has 2 nitrogen and oxygen atoms in total. The SMILES string of the molecule is CCC(C)(C)CNC(=O)c1ccccc1F. The lowest BCUT2D eigenvalue weighted by Gasteiger charge is -2.22. The number of rotatable bonds is 4. The second kappa shape index (κ2) is 5.10. The molecule has 0 spiro atoms. The van der Waals surface area contributed by atoms with E-state index in [1.807, 2.05) is 0 Å². The minimum atomic E-state index is -0.477. The van der Waals surface area contributed by atoms with Crippen molar-refractivity contribution in [1.29, 1.82) is 0 Å². The van der Waals surface area contributed by atoms with Crippen molar-refractivity contribution in [3.63, 3.8) is 0 Å². The standard InChI is InChI=1S/C13H18FNO/c1-4-13(2,3)9-15-12(16)10-7-5-6-8-11(10)14/h5-8H,4,9H2,1-3H3,(H,15,16). The van der Waals surface area contributed by atoms with Gasteiger partial charge in [0.25, 0.3) is 5.91 Å². The van der Waals surface area contributed by atoms with Gasteiger partial charge in [-0.1, -0.05) is 32.9 Å². The first-order chi connectivity index (χ1) is 7.46. The van der Waals surface area contributed by atoms with Crippen LogP contribution in [0.3, 0.4) is 0 Å². The summed E-state index contributed by atoms with van der Waals surface area (Å²) in [4.78, 5) is 11.7. The minimum Gasteiger partial charge on any atom is -0.351 e. The summed E-state index contributed by atoms with van der Waals surface area (Å²) in [5, 5.41) is 2.75. The largest absolute Gasteiger partial charge is 0.351 e. The van der Waals surface area contributed by atoms with Crippen LogP contribution in [0.5, 0.6) is 0 Å². The van der Waals surface area contributed by atoms with E-state index >= 15 is 0 Å². The predicted octanol–water partition coefficient (Wildman–Crippen LogP) is 2.99. The second-order valence-electron chi connectivity index (χ2n) is 4.68. The fourth-order valence-electron chi connectivity index (χ4n) is 1.19. The molecule has 0 radical (unpaired) electrons. The van der Waals surface area contributed by atoms with Crippen LogP contribution < -0.4 is 5.32 Å². The Morgan fingerprint density at radius 3 is 2.56 bits per heavy atom. The summed E-state index contributed by atoms with van der Waals surface area (Å²) in [5.74, 6) is -0.825. The average Bonchev–Trinajstić information content (AvgIpc) is 2.27. The highest BCUT2D eigenvalue weighted by molar-refractivity contribution is 5.94. The number of carbonyl (C=O) groups is 1. The minimum absolute atomic E-state index is 0.0426. The highest BCUT2D eigenvalue weighted by atomic mass is 19.1. The average molecular weight is 223 g/mol. The zero-order valence-corrected chi connectivity index (χ0v) is 10.0. The van der Waals surface area contributed by atoms with Gasteiger partial charge in [-0.25, -0.2) is 4.39 Å². The van der Waals surface area contributed by atoms with E-state index in [1.165, 1.54) is 12.1 Å². The molecular weight excluding hydrogens is 205 g/mol. The summed E-state index contributed by atoms with van der Waals surface area (Å²) in [5.41, 5.74) is 0.149. The van der Waals surface area contributed by atoms with E-state index < -0.39 is 5.82 Å². The molecule has 0 saturated heterocycles. The van der Waals surface area contributed by atoms with Crippen LogP contribution >= 0.6 is 0 Å². The zero-order valence-electron chi connectivity index (χ0n) is 10.0. The molecule has 1 amide bonds. The summed E-state index contributed by atoms with van der Waals surface area (Å²) >= 11 is 0. The Balaban J connectivity index is 2.64. The van der Waals surface area contributed by atoms with E-state index in [0.29, 0.717) is 6.54 Å². The van der Waals surface area contributed by atoms with Crippen LogP contribution in [-0.2, 0) is 0 Å². The first-order valence-corrected chi connectivity index (χ1v) is 5.49. The third-order valence-corrected chi connectivity index (χ3v) is 2.80. The molecule has 0 aliphatic rings. The van der Waals surface area contributed by atoms with Gasteiger partial charge < -0.3 is 5.32 Å². The van der Waals surface area contributed by atoms with Gasteiger partial charge in [0.1, 0.15) is 5.82 Å².